The molecule has 1 aliphatic carbocycles. The number of benzene rings is 1. The van der Waals surface area contributed by atoms with Gasteiger partial charge in [0.25, 0.3) is 0 Å². The average molecular weight is 314 g/mol. The molecule has 0 saturated heterocycles. The normalized spacial score (nSPS) is 18.2. The summed E-state index contributed by atoms with van der Waals surface area (Å²) in [6.07, 6.45) is -0.227. The van der Waals surface area contributed by atoms with Crippen LogP contribution in [0.4, 0.5) is 13.2 Å². The molecule has 0 unspecified atom stereocenters. The largest absolute Gasteiger partial charge is 0.417 e. The van der Waals surface area contributed by atoms with Crippen LogP contribution in [0.1, 0.15) is 42.9 Å². The van der Waals surface area contributed by atoms with Crippen LogP contribution in [0.2, 0.25) is 5.02 Å². The summed E-state index contributed by atoms with van der Waals surface area (Å²) in [5.41, 5.74) is 5.78. The van der Waals surface area contributed by atoms with Gasteiger partial charge in [-0.05, 0) is 36.5 Å². The molecule has 0 heterocycles. The fourth-order valence-corrected chi connectivity index (χ4v) is 2.78. The van der Waals surface area contributed by atoms with Crippen molar-refractivity contribution in [1.82, 2.24) is 0 Å². The monoisotopic (exact) mass is 313 g/mol. The average Bonchev–Trinajstić information content (AvgIpc) is 2.80. The van der Waals surface area contributed by atoms with E-state index >= 15 is 0 Å². The van der Waals surface area contributed by atoms with E-state index in [9.17, 15) is 13.2 Å². The zero-order valence-electron chi connectivity index (χ0n) is 10.2. The smallest absolute Gasteiger partial charge is 0.324 e. The highest BCUT2D eigenvalue weighted by atomic mass is 35.5. The standard InChI is InChI=1S/C13H15ClF3N.ClH/c14-11-6-5-9(7-10(11)13(15,16)17)12(18)8-3-1-2-4-8;/h5-8,12H,1-4,18H2;1H/t12-;/m1./s1. The first-order valence-electron chi connectivity index (χ1n) is 6.02. The molecule has 19 heavy (non-hydrogen) atoms. The van der Waals surface area contributed by atoms with Crippen molar-refractivity contribution in [3.8, 4) is 0 Å². The molecule has 1 fully saturated rings. The zero-order valence-corrected chi connectivity index (χ0v) is 11.8. The van der Waals surface area contributed by atoms with E-state index in [1.54, 1.807) is 6.07 Å². The third kappa shape index (κ3) is 3.77. The predicted octanol–water partition coefficient (Wildman–Crippen LogP) is 4.97. The van der Waals surface area contributed by atoms with Gasteiger partial charge in [0.15, 0.2) is 0 Å². The van der Waals surface area contributed by atoms with Crippen LogP contribution < -0.4 is 5.73 Å². The maximum atomic E-state index is 12.7. The minimum absolute atomic E-state index is 0. The summed E-state index contributed by atoms with van der Waals surface area (Å²) in [6, 6.07) is 3.64. The van der Waals surface area contributed by atoms with Gasteiger partial charge in [0, 0.05) is 6.04 Å². The van der Waals surface area contributed by atoms with Gasteiger partial charge >= 0.3 is 6.18 Å². The molecule has 1 aliphatic rings. The highest BCUT2D eigenvalue weighted by molar-refractivity contribution is 6.31. The highest BCUT2D eigenvalue weighted by Crippen LogP contribution is 2.39. The second-order valence-electron chi connectivity index (χ2n) is 4.81. The fourth-order valence-electron chi connectivity index (χ4n) is 2.56. The lowest BCUT2D eigenvalue weighted by atomic mass is 9.91. The van der Waals surface area contributed by atoms with E-state index in [-0.39, 0.29) is 29.4 Å². The van der Waals surface area contributed by atoms with Gasteiger partial charge in [0.1, 0.15) is 0 Å². The lowest BCUT2D eigenvalue weighted by molar-refractivity contribution is -0.137. The summed E-state index contributed by atoms with van der Waals surface area (Å²) in [5.74, 6) is 0.284. The Kier molecular flexibility index (Phi) is 5.53. The van der Waals surface area contributed by atoms with Crippen molar-refractivity contribution in [2.24, 2.45) is 11.7 Å². The molecule has 0 amide bonds. The number of nitrogens with two attached hydrogens (primary N) is 1. The molecule has 6 heteroatoms. The van der Waals surface area contributed by atoms with E-state index in [0.29, 0.717) is 5.56 Å². The molecule has 0 spiro atoms. The molecule has 1 aromatic carbocycles. The summed E-state index contributed by atoms with van der Waals surface area (Å²) in [7, 11) is 0. The van der Waals surface area contributed by atoms with Crippen LogP contribution in [0.25, 0.3) is 0 Å². The SMILES string of the molecule is Cl.N[C@@H](c1ccc(Cl)c(C(F)(F)F)c1)C1CCCC1. The summed E-state index contributed by atoms with van der Waals surface area (Å²) in [5, 5.41) is -0.273. The van der Waals surface area contributed by atoms with Gasteiger partial charge in [-0.3, -0.25) is 0 Å². The molecule has 0 aromatic heterocycles. The number of halogens is 5. The van der Waals surface area contributed by atoms with Gasteiger partial charge in [-0.1, -0.05) is 30.5 Å². The van der Waals surface area contributed by atoms with Gasteiger partial charge in [-0.2, -0.15) is 13.2 Å². The third-order valence-corrected chi connectivity index (χ3v) is 3.92. The second-order valence-corrected chi connectivity index (χ2v) is 5.21. The summed E-state index contributed by atoms with van der Waals surface area (Å²) in [6.45, 7) is 0. The molecule has 2 N–H and O–H groups in total. The highest BCUT2D eigenvalue weighted by Gasteiger charge is 2.34. The minimum atomic E-state index is -4.43. The maximum absolute atomic E-state index is 12.7. The maximum Gasteiger partial charge on any atom is 0.417 e. The Hall–Kier alpha value is -0.450. The zero-order chi connectivity index (χ0) is 13.3. The first-order chi connectivity index (χ1) is 8.39. The molecule has 1 nitrogen and oxygen atoms in total. The first kappa shape index (κ1) is 16.6. The van der Waals surface area contributed by atoms with Crippen molar-refractivity contribution in [2.75, 3.05) is 0 Å². The number of hydrogen-bond donors (Lipinski definition) is 1. The summed E-state index contributed by atoms with van der Waals surface area (Å²) >= 11 is 5.58. The first-order valence-corrected chi connectivity index (χ1v) is 6.39. The Morgan fingerprint density at radius 1 is 1.21 bits per heavy atom. The van der Waals surface area contributed by atoms with Crippen LogP contribution >= 0.6 is 24.0 Å². The molecule has 1 atom stereocenters. The third-order valence-electron chi connectivity index (χ3n) is 3.59. The number of rotatable bonds is 2. The van der Waals surface area contributed by atoms with Crippen molar-refractivity contribution >= 4 is 24.0 Å². The molecule has 0 bridgehead atoms. The van der Waals surface area contributed by atoms with Crippen molar-refractivity contribution in [1.29, 1.82) is 0 Å². The van der Waals surface area contributed by atoms with Crippen LogP contribution in [-0.2, 0) is 6.18 Å². The van der Waals surface area contributed by atoms with Gasteiger partial charge < -0.3 is 5.73 Å². The van der Waals surface area contributed by atoms with Gasteiger partial charge in [0.2, 0.25) is 0 Å². The van der Waals surface area contributed by atoms with Crippen molar-refractivity contribution in [3.05, 3.63) is 34.3 Å². The minimum Gasteiger partial charge on any atom is -0.324 e. The molecule has 1 aromatic rings. The number of alkyl halides is 3. The Balaban J connectivity index is 0.00000180. The number of hydrogen-bond acceptors (Lipinski definition) is 1. The Bertz CT molecular complexity index is 428. The van der Waals surface area contributed by atoms with Gasteiger partial charge in [0.05, 0.1) is 10.6 Å². The van der Waals surface area contributed by atoms with E-state index in [4.69, 9.17) is 17.3 Å². The molecular formula is C13H16Cl2F3N. The second kappa shape index (κ2) is 6.33. The van der Waals surface area contributed by atoms with Crippen molar-refractivity contribution in [2.45, 2.75) is 37.9 Å². The van der Waals surface area contributed by atoms with E-state index < -0.39 is 11.7 Å². The van der Waals surface area contributed by atoms with Gasteiger partial charge in [-0.25, -0.2) is 0 Å². The Morgan fingerprint density at radius 3 is 2.32 bits per heavy atom. The van der Waals surface area contributed by atoms with Crippen LogP contribution in [-0.4, -0.2) is 0 Å². The van der Waals surface area contributed by atoms with E-state index in [2.05, 4.69) is 0 Å². The quantitative estimate of drug-likeness (QED) is 0.819. The van der Waals surface area contributed by atoms with Crippen LogP contribution in [0, 0.1) is 5.92 Å². The Labute approximate surface area is 121 Å². The molecule has 108 valence electrons. The summed E-state index contributed by atoms with van der Waals surface area (Å²) < 4.78 is 38.2. The molecule has 1 saturated carbocycles. The van der Waals surface area contributed by atoms with Gasteiger partial charge in [-0.15, -0.1) is 12.4 Å². The van der Waals surface area contributed by atoms with Crippen LogP contribution in [0.5, 0.6) is 0 Å². The van der Waals surface area contributed by atoms with E-state index in [1.807, 2.05) is 0 Å². The van der Waals surface area contributed by atoms with Crippen LogP contribution in [0.3, 0.4) is 0 Å². The van der Waals surface area contributed by atoms with Crippen molar-refractivity contribution < 1.29 is 13.2 Å². The lowest BCUT2D eigenvalue weighted by Crippen LogP contribution is -2.20. The lowest BCUT2D eigenvalue weighted by Gasteiger charge is -2.20. The molecular weight excluding hydrogens is 298 g/mol. The van der Waals surface area contributed by atoms with Crippen molar-refractivity contribution in [3.63, 3.8) is 0 Å². The molecule has 0 radical (unpaired) electrons. The van der Waals surface area contributed by atoms with E-state index in [0.717, 1.165) is 31.7 Å². The summed E-state index contributed by atoms with van der Waals surface area (Å²) in [4.78, 5) is 0. The molecule has 0 aliphatic heterocycles. The topological polar surface area (TPSA) is 26.0 Å². The Morgan fingerprint density at radius 2 is 1.79 bits per heavy atom. The molecule has 2 rings (SSSR count). The predicted molar refractivity (Wildman–Crippen MR) is 72.6 cm³/mol. The fraction of sp³-hybridized carbons (Fsp3) is 0.538. The van der Waals surface area contributed by atoms with Crippen LogP contribution in [0.15, 0.2) is 18.2 Å². The van der Waals surface area contributed by atoms with E-state index in [1.165, 1.54) is 6.07 Å².